The van der Waals surface area contributed by atoms with Crippen LogP contribution in [0.3, 0.4) is 0 Å². The summed E-state index contributed by atoms with van der Waals surface area (Å²) >= 11 is 0. The van der Waals surface area contributed by atoms with Crippen molar-refractivity contribution in [3.05, 3.63) is 211 Å². The standard InChI is InChI=1S/C53H38FNOSi/c1-53(2)47-20-12-13-35-21-22-36-31-40(33-48(53)52(36)51(35)47)55(38-25-23-37(54)24-26-38)39-27-29-49-45(32-39)46-34-44(28-30-50(46)56-49)57(41-14-6-3-7-15-41,42-16-8-4-9-17-42)43-18-10-5-11-19-43/h3-34H,1-2H3. The maximum absolute atomic E-state index is 14.5. The van der Waals surface area contributed by atoms with E-state index in [9.17, 15) is 4.39 Å². The second-order valence-corrected chi connectivity index (χ2v) is 19.6. The first-order chi connectivity index (χ1) is 27.9. The molecule has 11 rings (SSSR count). The van der Waals surface area contributed by atoms with E-state index in [0.29, 0.717) is 0 Å². The van der Waals surface area contributed by atoms with Crippen molar-refractivity contribution < 1.29 is 8.81 Å². The Bertz CT molecular complexity index is 3060. The van der Waals surface area contributed by atoms with Crippen LogP contribution in [0.2, 0.25) is 0 Å². The summed E-state index contributed by atoms with van der Waals surface area (Å²) in [6, 6.07) is 68.9. The number of hydrogen-bond donors (Lipinski definition) is 0. The second kappa shape index (κ2) is 12.6. The number of furan rings is 1. The zero-order valence-electron chi connectivity index (χ0n) is 31.7. The fourth-order valence-electron chi connectivity index (χ4n) is 9.75. The fourth-order valence-corrected chi connectivity index (χ4v) is 14.5. The van der Waals surface area contributed by atoms with Gasteiger partial charge in [-0.2, -0.15) is 0 Å². The molecule has 0 atom stereocenters. The molecule has 1 heterocycles. The summed E-state index contributed by atoms with van der Waals surface area (Å²) in [4.78, 5) is 2.26. The fraction of sp³-hybridized carbons (Fsp3) is 0.0566. The van der Waals surface area contributed by atoms with Crippen molar-refractivity contribution in [2.45, 2.75) is 19.3 Å². The molecule has 0 aliphatic heterocycles. The summed E-state index contributed by atoms with van der Waals surface area (Å²) < 4.78 is 21.1. The largest absolute Gasteiger partial charge is 0.456 e. The van der Waals surface area contributed by atoms with Gasteiger partial charge in [0.1, 0.15) is 17.0 Å². The first-order valence-corrected chi connectivity index (χ1v) is 21.6. The molecule has 0 amide bonds. The van der Waals surface area contributed by atoms with E-state index < -0.39 is 8.07 Å². The van der Waals surface area contributed by atoms with Gasteiger partial charge in [0.15, 0.2) is 8.07 Å². The summed E-state index contributed by atoms with van der Waals surface area (Å²) in [6.45, 7) is 4.65. The number of benzene rings is 9. The Morgan fingerprint density at radius 3 is 1.65 bits per heavy atom. The molecule has 0 N–H and O–H groups in total. The first kappa shape index (κ1) is 33.6. The predicted octanol–water partition coefficient (Wildman–Crippen LogP) is 11.5. The van der Waals surface area contributed by atoms with Crippen molar-refractivity contribution >= 4 is 89.4 Å². The molecule has 10 aromatic rings. The van der Waals surface area contributed by atoms with Gasteiger partial charge < -0.3 is 9.32 Å². The van der Waals surface area contributed by atoms with Gasteiger partial charge in [-0.3, -0.25) is 0 Å². The molecule has 57 heavy (non-hydrogen) atoms. The van der Waals surface area contributed by atoms with Gasteiger partial charge in [-0.25, -0.2) is 4.39 Å². The molecule has 0 unspecified atom stereocenters. The van der Waals surface area contributed by atoms with Crippen LogP contribution in [0.5, 0.6) is 0 Å². The van der Waals surface area contributed by atoms with E-state index >= 15 is 0 Å². The summed E-state index contributed by atoms with van der Waals surface area (Å²) in [5, 5.41) is 12.5. The van der Waals surface area contributed by atoms with Crippen molar-refractivity contribution in [1.82, 2.24) is 0 Å². The number of halogens is 1. The third kappa shape index (κ3) is 5.00. The molecule has 272 valence electrons. The van der Waals surface area contributed by atoms with Gasteiger partial charge in [0.25, 0.3) is 0 Å². The highest BCUT2D eigenvalue weighted by molar-refractivity contribution is 7.20. The smallest absolute Gasteiger partial charge is 0.179 e. The lowest BCUT2D eigenvalue weighted by molar-refractivity contribution is 0.628. The van der Waals surface area contributed by atoms with E-state index in [1.807, 2.05) is 12.1 Å². The number of nitrogens with zero attached hydrogens (tertiary/aromatic N) is 1. The van der Waals surface area contributed by atoms with E-state index in [-0.39, 0.29) is 11.2 Å². The quantitative estimate of drug-likeness (QED) is 0.0916. The SMILES string of the molecule is CC1(C)c2cccc3ccc4cc(N(c5ccc(F)cc5)c5ccc6oc7ccc([Si](c8ccccc8)(c8ccccc8)c8ccccc8)cc7c6c5)cc1c4c23. The third-order valence-corrected chi connectivity index (χ3v) is 17.2. The average molecular weight is 752 g/mol. The Balaban J connectivity index is 1.15. The molecule has 1 aliphatic rings. The minimum Gasteiger partial charge on any atom is -0.456 e. The molecule has 4 heteroatoms. The van der Waals surface area contributed by atoms with E-state index in [1.165, 1.54) is 53.4 Å². The van der Waals surface area contributed by atoms with Crippen LogP contribution in [-0.4, -0.2) is 8.07 Å². The molecule has 0 radical (unpaired) electrons. The van der Waals surface area contributed by atoms with Crippen LogP contribution in [0.25, 0.3) is 43.5 Å². The number of fused-ring (bicyclic) bond motifs is 3. The van der Waals surface area contributed by atoms with Gasteiger partial charge in [0.2, 0.25) is 0 Å². The van der Waals surface area contributed by atoms with Crippen LogP contribution in [0.1, 0.15) is 25.0 Å². The highest BCUT2D eigenvalue weighted by Crippen LogP contribution is 2.51. The van der Waals surface area contributed by atoms with Gasteiger partial charge in [0.05, 0.1) is 0 Å². The topological polar surface area (TPSA) is 16.4 Å². The van der Waals surface area contributed by atoms with Crippen LogP contribution in [0.4, 0.5) is 21.5 Å². The second-order valence-electron chi connectivity index (χ2n) is 15.8. The molecular formula is C53H38FNOSi. The Morgan fingerprint density at radius 2 is 1.00 bits per heavy atom. The predicted molar refractivity (Wildman–Crippen MR) is 239 cm³/mol. The Morgan fingerprint density at radius 1 is 0.439 bits per heavy atom. The number of rotatable bonds is 7. The van der Waals surface area contributed by atoms with E-state index in [4.69, 9.17) is 4.42 Å². The molecular weight excluding hydrogens is 714 g/mol. The minimum absolute atomic E-state index is 0.181. The lowest BCUT2D eigenvalue weighted by Gasteiger charge is -2.34. The first-order valence-electron chi connectivity index (χ1n) is 19.6. The van der Waals surface area contributed by atoms with Crippen LogP contribution in [-0.2, 0) is 5.41 Å². The Kier molecular flexibility index (Phi) is 7.44. The monoisotopic (exact) mass is 751 g/mol. The number of anilines is 3. The Labute approximate surface area is 332 Å². The molecule has 0 bridgehead atoms. The van der Waals surface area contributed by atoms with Crippen LogP contribution in [0.15, 0.2) is 199 Å². The molecule has 2 nitrogen and oxygen atoms in total. The summed E-state index contributed by atoms with van der Waals surface area (Å²) in [5.74, 6) is -0.262. The lowest BCUT2D eigenvalue weighted by atomic mass is 9.81. The third-order valence-electron chi connectivity index (χ3n) is 12.4. The van der Waals surface area contributed by atoms with Crippen LogP contribution >= 0.6 is 0 Å². The molecule has 9 aromatic carbocycles. The zero-order chi connectivity index (χ0) is 38.3. The normalized spacial score (nSPS) is 13.3. The highest BCUT2D eigenvalue weighted by atomic mass is 28.3. The van der Waals surface area contributed by atoms with Crippen molar-refractivity contribution in [1.29, 1.82) is 0 Å². The van der Waals surface area contributed by atoms with Gasteiger partial charge in [-0.1, -0.05) is 147 Å². The van der Waals surface area contributed by atoms with Gasteiger partial charge in [-0.15, -0.1) is 0 Å². The summed E-state index contributed by atoms with van der Waals surface area (Å²) in [7, 11) is -2.77. The van der Waals surface area contributed by atoms with Crippen LogP contribution in [0, 0.1) is 5.82 Å². The van der Waals surface area contributed by atoms with Crippen LogP contribution < -0.4 is 25.6 Å². The maximum atomic E-state index is 14.5. The summed E-state index contributed by atoms with van der Waals surface area (Å²) in [6.07, 6.45) is 0. The van der Waals surface area contributed by atoms with Crippen molar-refractivity contribution in [2.75, 3.05) is 4.90 Å². The van der Waals surface area contributed by atoms with E-state index in [1.54, 1.807) is 12.1 Å². The maximum Gasteiger partial charge on any atom is 0.179 e. The van der Waals surface area contributed by atoms with Crippen molar-refractivity contribution in [2.24, 2.45) is 0 Å². The van der Waals surface area contributed by atoms with Gasteiger partial charge in [0, 0.05) is 33.2 Å². The van der Waals surface area contributed by atoms with Crippen molar-refractivity contribution in [3.8, 4) is 0 Å². The molecule has 0 fully saturated rings. The van der Waals surface area contributed by atoms with E-state index in [0.717, 1.165) is 39.0 Å². The lowest BCUT2D eigenvalue weighted by Crippen LogP contribution is -2.74. The van der Waals surface area contributed by atoms with Gasteiger partial charge >= 0.3 is 0 Å². The molecule has 1 aliphatic carbocycles. The van der Waals surface area contributed by atoms with E-state index in [2.05, 4.69) is 189 Å². The molecule has 0 saturated heterocycles. The minimum atomic E-state index is -2.77. The summed E-state index contributed by atoms with van der Waals surface area (Å²) in [5.41, 5.74) is 7.04. The molecule has 0 spiro atoms. The zero-order valence-corrected chi connectivity index (χ0v) is 32.7. The Hall–Kier alpha value is -6.75. The van der Waals surface area contributed by atoms with Gasteiger partial charge in [-0.05, 0) is 114 Å². The average Bonchev–Trinajstić information content (AvgIpc) is 3.74. The molecule has 1 aromatic heterocycles. The highest BCUT2D eigenvalue weighted by Gasteiger charge is 2.41. The molecule has 0 saturated carbocycles. The number of hydrogen-bond acceptors (Lipinski definition) is 2. The van der Waals surface area contributed by atoms with Crippen molar-refractivity contribution in [3.63, 3.8) is 0 Å².